The zero-order valence-corrected chi connectivity index (χ0v) is 13.9. The van der Waals surface area contributed by atoms with Gasteiger partial charge < -0.3 is 0 Å². The first-order valence-electron chi connectivity index (χ1n) is 8.85. The molecule has 1 N–H and O–H groups in total. The van der Waals surface area contributed by atoms with E-state index in [4.69, 9.17) is 0 Å². The Kier molecular flexibility index (Phi) is 3.89. The summed E-state index contributed by atoms with van der Waals surface area (Å²) < 4.78 is 38.2. The van der Waals surface area contributed by atoms with Gasteiger partial charge in [0.15, 0.2) is 0 Å². The van der Waals surface area contributed by atoms with Crippen LogP contribution in [0.4, 0.5) is 13.2 Å². The van der Waals surface area contributed by atoms with Crippen LogP contribution in [0.3, 0.4) is 0 Å². The summed E-state index contributed by atoms with van der Waals surface area (Å²) >= 11 is 0. The molecule has 4 bridgehead atoms. The molecule has 3 nitrogen and oxygen atoms in total. The van der Waals surface area contributed by atoms with Crippen molar-refractivity contribution < 1.29 is 18.0 Å². The van der Waals surface area contributed by atoms with Crippen LogP contribution in [0, 0.1) is 23.2 Å². The molecule has 0 radical (unpaired) electrons. The first-order chi connectivity index (χ1) is 11.8. The number of nitrogens with zero attached hydrogens (tertiary/aromatic N) is 1. The minimum absolute atomic E-state index is 0.0603. The molecule has 4 aliphatic rings. The molecule has 4 saturated carbocycles. The topological polar surface area (TPSA) is 41.5 Å². The zero-order valence-electron chi connectivity index (χ0n) is 13.9. The summed E-state index contributed by atoms with van der Waals surface area (Å²) in [4.78, 5) is 12.7. The van der Waals surface area contributed by atoms with Crippen LogP contribution in [0.15, 0.2) is 29.4 Å². The molecular formula is C19H21F3N2O. The number of carbonyl (C=O) groups excluding carboxylic acids is 1. The van der Waals surface area contributed by atoms with Gasteiger partial charge in [-0.3, -0.25) is 4.79 Å². The lowest BCUT2D eigenvalue weighted by Crippen LogP contribution is -2.52. The zero-order chi connectivity index (χ0) is 17.7. The van der Waals surface area contributed by atoms with E-state index in [-0.39, 0.29) is 11.3 Å². The first kappa shape index (κ1) is 16.6. The largest absolute Gasteiger partial charge is 0.416 e. The number of hydrogen-bond donors (Lipinski definition) is 1. The van der Waals surface area contributed by atoms with Crippen LogP contribution in [0.25, 0.3) is 0 Å². The van der Waals surface area contributed by atoms with Crippen molar-refractivity contribution in [3.05, 3.63) is 35.4 Å². The summed E-state index contributed by atoms with van der Waals surface area (Å²) in [7, 11) is 0. The van der Waals surface area contributed by atoms with E-state index in [0.29, 0.717) is 23.3 Å². The Balaban J connectivity index is 1.43. The van der Waals surface area contributed by atoms with Gasteiger partial charge in [-0.05, 0) is 74.0 Å². The van der Waals surface area contributed by atoms with Crippen LogP contribution in [0.1, 0.15) is 49.7 Å². The molecule has 134 valence electrons. The summed E-state index contributed by atoms with van der Waals surface area (Å²) in [6, 6.07) is 4.92. The molecule has 4 fully saturated rings. The van der Waals surface area contributed by atoms with E-state index >= 15 is 0 Å². The number of nitrogens with one attached hydrogen (secondary N) is 1. The maximum Gasteiger partial charge on any atom is 0.416 e. The van der Waals surface area contributed by atoms with Crippen molar-refractivity contribution >= 4 is 12.1 Å². The highest BCUT2D eigenvalue weighted by Crippen LogP contribution is 2.60. The lowest BCUT2D eigenvalue weighted by molar-refractivity contribution is -0.146. The van der Waals surface area contributed by atoms with Gasteiger partial charge in [0.05, 0.1) is 17.2 Å². The Hall–Kier alpha value is -1.85. The highest BCUT2D eigenvalue weighted by atomic mass is 19.4. The monoisotopic (exact) mass is 350 g/mol. The van der Waals surface area contributed by atoms with Crippen LogP contribution in [0.5, 0.6) is 0 Å². The predicted octanol–water partition coefficient (Wildman–Crippen LogP) is 4.37. The van der Waals surface area contributed by atoms with E-state index in [1.54, 1.807) is 0 Å². The molecule has 0 spiro atoms. The summed E-state index contributed by atoms with van der Waals surface area (Å²) in [5, 5.41) is 3.93. The van der Waals surface area contributed by atoms with E-state index < -0.39 is 11.7 Å². The lowest BCUT2D eigenvalue weighted by Gasteiger charge is -2.55. The van der Waals surface area contributed by atoms with Crippen molar-refractivity contribution in [1.82, 2.24) is 5.43 Å². The highest BCUT2D eigenvalue weighted by Gasteiger charge is 2.54. The Morgan fingerprint density at radius 3 is 2.28 bits per heavy atom. The minimum Gasteiger partial charge on any atom is -0.273 e. The standard InChI is InChI=1S/C19H21F3N2O/c20-19(21,22)16-3-1-2-12(7-16)11-23-24-17(25)18-8-13-4-14(9-18)6-15(5-13)10-18/h1-3,7,11,13-15H,4-6,8-10H2,(H,24,25)/b23-11-. The van der Waals surface area contributed by atoms with Crippen molar-refractivity contribution in [2.45, 2.75) is 44.7 Å². The van der Waals surface area contributed by atoms with Gasteiger partial charge in [0, 0.05) is 0 Å². The van der Waals surface area contributed by atoms with Gasteiger partial charge in [-0.2, -0.15) is 18.3 Å². The number of alkyl halides is 3. The molecule has 4 aliphatic carbocycles. The lowest BCUT2D eigenvalue weighted by atomic mass is 9.49. The molecule has 1 aromatic rings. The van der Waals surface area contributed by atoms with Crippen molar-refractivity contribution in [2.75, 3.05) is 0 Å². The third-order valence-corrected chi connectivity index (χ3v) is 6.11. The van der Waals surface area contributed by atoms with Crippen molar-refractivity contribution in [3.63, 3.8) is 0 Å². The fourth-order valence-electron chi connectivity index (χ4n) is 5.47. The maximum atomic E-state index is 12.7. The third kappa shape index (κ3) is 3.18. The average Bonchev–Trinajstić information content (AvgIpc) is 2.53. The molecule has 1 amide bonds. The van der Waals surface area contributed by atoms with Gasteiger partial charge in [-0.15, -0.1) is 0 Å². The molecule has 6 heteroatoms. The summed E-state index contributed by atoms with van der Waals surface area (Å²) in [6.45, 7) is 0. The van der Waals surface area contributed by atoms with Crippen LogP contribution in [-0.4, -0.2) is 12.1 Å². The third-order valence-electron chi connectivity index (χ3n) is 6.11. The van der Waals surface area contributed by atoms with Gasteiger partial charge in [0.25, 0.3) is 0 Å². The normalized spacial score (nSPS) is 33.8. The highest BCUT2D eigenvalue weighted by molar-refractivity contribution is 5.85. The Labute approximate surface area is 144 Å². The number of amides is 1. The number of hydrogen-bond acceptors (Lipinski definition) is 2. The minimum atomic E-state index is -4.38. The fraction of sp³-hybridized carbons (Fsp3) is 0.579. The first-order valence-corrected chi connectivity index (χ1v) is 8.85. The molecule has 1 aromatic carbocycles. The smallest absolute Gasteiger partial charge is 0.273 e. The van der Waals surface area contributed by atoms with E-state index in [0.717, 1.165) is 31.4 Å². The van der Waals surface area contributed by atoms with Crippen LogP contribution in [-0.2, 0) is 11.0 Å². The fourth-order valence-corrected chi connectivity index (χ4v) is 5.47. The second kappa shape index (κ2) is 5.85. The van der Waals surface area contributed by atoms with Gasteiger partial charge in [0.2, 0.25) is 5.91 Å². The average molecular weight is 350 g/mol. The van der Waals surface area contributed by atoms with Gasteiger partial charge in [0.1, 0.15) is 0 Å². The van der Waals surface area contributed by atoms with Gasteiger partial charge in [-0.25, -0.2) is 5.43 Å². The van der Waals surface area contributed by atoms with Crippen LogP contribution in [0.2, 0.25) is 0 Å². The van der Waals surface area contributed by atoms with Crippen molar-refractivity contribution in [1.29, 1.82) is 0 Å². The molecule has 5 rings (SSSR count). The summed E-state index contributed by atoms with van der Waals surface area (Å²) in [5.74, 6) is 1.91. The second-order valence-corrected chi connectivity index (χ2v) is 8.02. The molecule has 0 saturated heterocycles. The molecule has 0 aromatic heterocycles. The number of rotatable bonds is 3. The van der Waals surface area contributed by atoms with Crippen molar-refractivity contribution in [2.24, 2.45) is 28.3 Å². The molecular weight excluding hydrogens is 329 g/mol. The number of carbonyl (C=O) groups is 1. The maximum absolute atomic E-state index is 12.7. The Bertz CT molecular complexity index is 676. The molecule has 0 unspecified atom stereocenters. The van der Waals surface area contributed by atoms with Crippen molar-refractivity contribution in [3.8, 4) is 0 Å². The summed E-state index contributed by atoms with van der Waals surface area (Å²) in [5.41, 5.74) is 1.89. The van der Waals surface area contributed by atoms with Gasteiger partial charge in [-0.1, -0.05) is 12.1 Å². The summed E-state index contributed by atoms with van der Waals surface area (Å²) in [6.07, 6.45) is 3.46. The molecule has 0 aliphatic heterocycles. The van der Waals surface area contributed by atoms with Crippen LogP contribution < -0.4 is 5.43 Å². The quantitative estimate of drug-likeness (QED) is 0.638. The molecule has 0 heterocycles. The number of halogens is 3. The van der Waals surface area contributed by atoms with Crippen LogP contribution >= 0.6 is 0 Å². The van der Waals surface area contributed by atoms with E-state index in [1.165, 1.54) is 37.6 Å². The second-order valence-electron chi connectivity index (χ2n) is 8.02. The Morgan fingerprint density at radius 1 is 1.12 bits per heavy atom. The van der Waals surface area contributed by atoms with E-state index in [1.807, 2.05) is 0 Å². The van der Waals surface area contributed by atoms with E-state index in [9.17, 15) is 18.0 Å². The number of hydrazone groups is 1. The Morgan fingerprint density at radius 2 is 1.72 bits per heavy atom. The molecule has 0 atom stereocenters. The SMILES string of the molecule is O=C(N/N=C\c1cccc(C(F)(F)F)c1)C12CC3CC(CC(C3)C1)C2. The van der Waals surface area contributed by atoms with E-state index in [2.05, 4.69) is 10.5 Å². The predicted molar refractivity (Wildman–Crippen MR) is 87.8 cm³/mol. The number of benzene rings is 1. The van der Waals surface area contributed by atoms with Gasteiger partial charge >= 0.3 is 6.18 Å². The molecule has 25 heavy (non-hydrogen) atoms.